The van der Waals surface area contributed by atoms with Crippen LogP contribution in [-0.4, -0.2) is 41.8 Å². The lowest BCUT2D eigenvalue weighted by Crippen LogP contribution is -2.44. The number of carboxylic acids is 1. The van der Waals surface area contributed by atoms with Crippen molar-refractivity contribution in [3.05, 3.63) is 59.7 Å². The quantitative estimate of drug-likeness (QED) is 0.453. The highest BCUT2D eigenvalue weighted by Gasteiger charge is 2.34. The van der Waals surface area contributed by atoms with E-state index >= 15 is 0 Å². The predicted molar refractivity (Wildman–Crippen MR) is 133 cm³/mol. The third kappa shape index (κ3) is 5.84. The van der Waals surface area contributed by atoms with Crippen molar-refractivity contribution in [3.8, 4) is 11.1 Å². The van der Waals surface area contributed by atoms with Crippen LogP contribution in [0.25, 0.3) is 11.1 Å². The molecule has 186 valence electrons. The number of unbranched alkanes of at least 4 members (excludes halogenated alkanes) is 1. The number of nitrogens with one attached hydrogen (secondary N) is 2. The van der Waals surface area contributed by atoms with Gasteiger partial charge in [-0.2, -0.15) is 0 Å². The number of fused-ring (bicyclic) bond motifs is 3. The van der Waals surface area contributed by atoms with Crippen LogP contribution >= 0.6 is 0 Å². The molecular weight excluding hydrogens is 444 g/mol. The monoisotopic (exact) mass is 478 g/mol. The first-order valence-electron chi connectivity index (χ1n) is 12.6. The molecule has 2 aromatic carbocycles. The van der Waals surface area contributed by atoms with Gasteiger partial charge in [0.15, 0.2) is 0 Å². The van der Waals surface area contributed by atoms with Crippen molar-refractivity contribution in [2.45, 2.75) is 69.9 Å². The second kappa shape index (κ2) is 11.4. The fourth-order valence-electron chi connectivity index (χ4n) is 5.40. The molecule has 2 aliphatic carbocycles. The summed E-state index contributed by atoms with van der Waals surface area (Å²) in [7, 11) is 0. The number of benzene rings is 2. The minimum atomic E-state index is -0.868. The first kappa shape index (κ1) is 24.8. The van der Waals surface area contributed by atoms with Crippen molar-refractivity contribution in [2.24, 2.45) is 5.92 Å². The second-order valence-electron chi connectivity index (χ2n) is 9.56. The van der Waals surface area contributed by atoms with Crippen molar-refractivity contribution in [3.63, 3.8) is 0 Å². The molecule has 35 heavy (non-hydrogen) atoms. The van der Waals surface area contributed by atoms with E-state index in [0.29, 0.717) is 19.3 Å². The summed E-state index contributed by atoms with van der Waals surface area (Å²) in [5.41, 5.74) is 4.63. The summed E-state index contributed by atoms with van der Waals surface area (Å²) in [6, 6.07) is 15.6. The van der Waals surface area contributed by atoms with E-state index in [0.717, 1.165) is 30.4 Å². The Morgan fingerprint density at radius 2 is 1.69 bits per heavy atom. The summed E-state index contributed by atoms with van der Waals surface area (Å²) in [6.45, 7) is 2.27. The molecule has 1 saturated carbocycles. The van der Waals surface area contributed by atoms with Crippen LogP contribution in [0.4, 0.5) is 4.79 Å². The Labute approximate surface area is 206 Å². The van der Waals surface area contributed by atoms with Crippen LogP contribution in [0.5, 0.6) is 0 Å². The van der Waals surface area contributed by atoms with Crippen LogP contribution < -0.4 is 10.6 Å². The summed E-state index contributed by atoms with van der Waals surface area (Å²) in [5, 5.41) is 15.1. The minimum absolute atomic E-state index is 0.0270. The van der Waals surface area contributed by atoms with Crippen LogP contribution in [-0.2, 0) is 14.3 Å². The van der Waals surface area contributed by atoms with Crippen LogP contribution in [0.15, 0.2) is 48.5 Å². The highest BCUT2D eigenvalue weighted by atomic mass is 16.5. The summed E-state index contributed by atoms with van der Waals surface area (Å²) >= 11 is 0. The van der Waals surface area contributed by atoms with Gasteiger partial charge in [-0.05, 0) is 41.5 Å². The summed E-state index contributed by atoms with van der Waals surface area (Å²) in [4.78, 5) is 36.8. The first-order chi connectivity index (χ1) is 17.0. The van der Waals surface area contributed by atoms with Gasteiger partial charge in [0.05, 0.1) is 5.92 Å². The molecule has 0 aromatic heterocycles. The molecule has 0 aliphatic heterocycles. The molecule has 2 aliphatic rings. The van der Waals surface area contributed by atoms with E-state index in [1.165, 1.54) is 11.1 Å². The molecule has 3 atom stereocenters. The van der Waals surface area contributed by atoms with Gasteiger partial charge in [-0.15, -0.1) is 0 Å². The molecule has 1 fully saturated rings. The molecule has 2 amide bonds. The molecule has 7 heteroatoms. The summed E-state index contributed by atoms with van der Waals surface area (Å²) in [6.07, 6.45) is 4.06. The van der Waals surface area contributed by atoms with Crippen molar-refractivity contribution in [1.29, 1.82) is 0 Å². The number of ether oxygens (including phenoxy) is 1. The number of aliphatic carboxylic acids is 1. The fourth-order valence-corrected chi connectivity index (χ4v) is 5.40. The third-order valence-corrected chi connectivity index (χ3v) is 7.18. The van der Waals surface area contributed by atoms with Gasteiger partial charge < -0.3 is 20.5 Å². The molecule has 7 nitrogen and oxygen atoms in total. The molecule has 0 heterocycles. The normalized spacial score (nSPS) is 19.5. The van der Waals surface area contributed by atoms with Crippen LogP contribution in [0.2, 0.25) is 0 Å². The number of carboxylic acid groups (broad SMARTS) is 1. The Kier molecular flexibility index (Phi) is 8.06. The van der Waals surface area contributed by atoms with E-state index in [1.54, 1.807) is 0 Å². The number of carbonyl (C=O) groups is 3. The zero-order valence-corrected chi connectivity index (χ0v) is 20.2. The fraction of sp³-hybridized carbons (Fsp3) is 0.464. The van der Waals surface area contributed by atoms with Gasteiger partial charge in [-0.3, -0.25) is 9.59 Å². The molecular formula is C28H34N2O5. The number of alkyl carbamates (subject to hydrolysis) is 1. The highest BCUT2D eigenvalue weighted by Crippen LogP contribution is 2.44. The Balaban J connectivity index is 1.34. The lowest BCUT2D eigenvalue weighted by atomic mass is 9.98. The topological polar surface area (TPSA) is 105 Å². The third-order valence-electron chi connectivity index (χ3n) is 7.18. The Morgan fingerprint density at radius 3 is 2.31 bits per heavy atom. The number of rotatable bonds is 10. The number of carbonyl (C=O) groups excluding carboxylic acids is 2. The van der Waals surface area contributed by atoms with Gasteiger partial charge in [0.2, 0.25) is 5.91 Å². The first-order valence-corrected chi connectivity index (χ1v) is 12.6. The van der Waals surface area contributed by atoms with Gasteiger partial charge >= 0.3 is 12.1 Å². The van der Waals surface area contributed by atoms with Crippen LogP contribution in [0.3, 0.4) is 0 Å². The number of hydrogen-bond acceptors (Lipinski definition) is 4. The summed E-state index contributed by atoms with van der Waals surface area (Å²) < 4.78 is 5.65. The predicted octanol–water partition coefficient (Wildman–Crippen LogP) is 4.84. The highest BCUT2D eigenvalue weighted by molar-refractivity contribution is 5.80. The molecule has 0 saturated heterocycles. The minimum Gasteiger partial charge on any atom is -0.481 e. The van der Waals surface area contributed by atoms with Crippen molar-refractivity contribution >= 4 is 18.0 Å². The zero-order valence-electron chi connectivity index (χ0n) is 20.2. The Hall–Kier alpha value is -3.35. The van der Waals surface area contributed by atoms with E-state index in [2.05, 4.69) is 41.8 Å². The number of hydrogen-bond donors (Lipinski definition) is 3. The van der Waals surface area contributed by atoms with Gasteiger partial charge in [0, 0.05) is 24.4 Å². The molecule has 0 bridgehead atoms. The van der Waals surface area contributed by atoms with Crippen LogP contribution in [0, 0.1) is 5.92 Å². The van der Waals surface area contributed by atoms with Crippen molar-refractivity contribution in [1.82, 2.24) is 10.6 Å². The lowest BCUT2D eigenvalue weighted by molar-refractivity contribution is -0.142. The standard InChI is InChI=1S/C28H34N2O5/c1-2-3-9-18(16-26(31)30-25-15-8-14-23(25)27(32)33)29-28(34)35-17-24-21-12-6-4-10-19(21)20-11-5-7-13-22(20)24/h4-7,10-13,18,23-25H,2-3,8-9,14-17H2,1H3,(H,29,34)(H,30,31)(H,32,33)/t18-,23-,25+/m1/s1. The zero-order chi connectivity index (χ0) is 24.8. The van der Waals surface area contributed by atoms with Crippen LogP contribution in [0.1, 0.15) is 68.9 Å². The average molecular weight is 479 g/mol. The SMILES string of the molecule is CCCC[C@H](CC(=O)N[C@H]1CCC[C@H]1C(=O)O)NC(=O)OCC1c2ccccc2-c2ccccc21. The van der Waals surface area contributed by atoms with Gasteiger partial charge in [-0.1, -0.05) is 74.7 Å². The van der Waals surface area contributed by atoms with E-state index < -0.39 is 18.0 Å². The van der Waals surface area contributed by atoms with Crippen molar-refractivity contribution in [2.75, 3.05) is 6.61 Å². The lowest BCUT2D eigenvalue weighted by Gasteiger charge is -2.22. The molecule has 0 spiro atoms. The van der Waals surface area contributed by atoms with Gasteiger partial charge in [-0.25, -0.2) is 4.79 Å². The largest absolute Gasteiger partial charge is 0.481 e. The van der Waals surface area contributed by atoms with Gasteiger partial charge in [0.25, 0.3) is 0 Å². The number of amides is 2. The smallest absolute Gasteiger partial charge is 0.407 e. The average Bonchev–Trinajstić information content (AvgIpc) is 3.44. The van der Waals surface area contributed by atoms with Crippen molar-refractivity contribution < 1.29 is 24.2 Å². The molecule has 0 unspecified atom stereocenters. The maximum absolute atomic E-state index is 12.7. The molecule has 0 radical (unpaired) electrons. The maximum atomic E-state index is 12.7. The Bertz CT molecular complexity index is 1020. The van der Waals surface area contributed by atoms with E-state index in [1.807, 2.05) is 24.3 Å². The van der Waals surface area contributed by atoms with E-state index in [-0.39, 0.29) is 36.9 Å². The second-order valence-corrected chi connectivity index (χ2v) is 9.56. The molecule has 3 N–H and O–H groups in total. The van der Waals surface area contributed by atoms with E-state index in [9.17, 15) is 19.5 Å². The molecule has 2 aromatic rings. The Morgan fingerprint density at radius 1 is 1.03 bits per heavy atom. The van der Waals surface area contributed by atoms with Gasteiger partial charge in [0.1, 0.15) is 6.61 Å². The van der Waals surface area contributed by atoms with E-state index in [4.69, 9.17) is 4.74 Å². The summed E-state index contributed by atoms with van der Waals surface area (Å²) in [5.74, 6) is -1.67. The molecule has 4 rings (SSSR count). The maximum Gasteiger partial charge on any atom is 0.407 e.